The van der Waals surface area contributed by atoms with Gasteiger partial charge >= 0.3 is 0 Å². The van der Waals surface area contributed by atoms with Crippen LogP contribution in [0.2, 0.25) is 0 Å². The molecule has 1 amide bonds. The Morgan fingerprint density at radius 1 is 1.30 bits per heavy atom. The minimum Gasteiger partial charge on any atom is -0.497 e. The smallest absolute Gasteiger partial charge is 0.246 e. The second-order valence-corrected chi connectivity index (χ2v) is 8.05. The number of anilines is 1. The molecule has 3 aromatic rings. The van der Waals surface area contributed by atoms with E-state index in [4.69, 9.17) is 17.0 Å². The van der Waals surface area contributed by atoms with E-state index in [0.29, 0.717) is 28.5 Å². The molecule has 0 bridgehead atoms. The van der Waals surface area contributed by atoms with Gasteiger partial charge in [-0.1, -0.05) is 29.8 Å². The lowest BCUT2D eigenvalue weighted by Gasteiger charge is -2.07. The van der Waals surface area contributed by atoms with Crippen molar-refractivity contribution in [2.75, 3.05) is 12.4 Å². The molecule has 2 aromatic carbocycles. The highest BCUT2D eigenvalue weighted by Crippen LogP contribution is 2.23. The van der Waals surface area contributed by atoms with E-state index in [-0.39, 0.29) is 12.5 Å². The molecule has 0 radical (unpaired) electrons. The lowest BCUT2D eigenvalue weighted by molar-refractivity contribution is -0.116. The van der Waals surface area contributed by atoms with Crippen molar-refractivity contribution in [2.24, 2.45) is 0 Å². The average molecular weight is 441 g/mol. The molecule has 0 saturated heterocycles. The third-order valence-corrected chi connectivity index (χ3v) is 5.79. The number of amides is 1. The zero-order chi connectivity index (χ0) is 21.5. The number of thioether (sulfide) groups is 1. The van der Waals surface area contributed by atoms with Crippen LogP contribution in [0, 0.1) is 11.7 Å². The summed E-state index contributed by atoms with van der Waals surface area (Å²) in [6.45, 7) is 6.44. The predicted molar refractivity (Wildman–Crippen MR) is 124 cm³/mol. The van der Waals surface area contributed by atoms with Crippen LogP contribution in [-0.4, -0.2) is 27.4 Å². The van der Waals surface area contributed by atoms with Crippen molar-refractivity contribution in [3.63, 3.8) is 0 Å². The highest BCUT2D eigenvalue weighted by molar-refractivity contribution is 7.98. The number of carbonyl (C=O) groups excluding carboxylic acids is 1. The summed E-state index contributed by atoms with van der Waals surface area (Å²) in [6, 6.07) is 15.5. The van der Waals surface area contributed by atoms with Gasteiger partial charge in [0.05, 0.1) is 12.9 Å². The molecule has 30 heavy (non-hydrogen) atoms. The van der Waals surface area contributed by atoms with Gasteiger partial charge in [0.25, 0.3) is 0 Å². The SMILES string of the molecule is C=CCn1c(CSc2ccc(C)cc2)nn(CC(=O)Nc2cccc(OC)c2)c1=S. The number of methoxy groups -OCH3 is 1. The number of rotatable bonds is 9. The van der Waals surface area contributed by atoms with E-state index in [0.717, 1.165) is 10.7 Å². The Bertz CT molecular complexity index is 1090. The van der Waals surface area contributed by atoms with Crippen molar-refractivity contribution >= 4 is 35.6 Å². The Hall–Kier alpha value is -2.84. The highest BCUT2D eigenvalue weighted by Gasteiger charge is 2.13. The first-order valence-corrected chi connectivity index (χ1v) is 10.8. The summed E-state index contributed by atoms with van der Waals surface area (Å²) in [5.41, 5.74) is 1.88. The molecule has 0 unspecified atom stereocenters. The summed E-state index contributed by atoms with van der Waals surface area (Å²) in [6.07, 6.45) is 1.78. The number of aromatic nitrogens is 3. The molecule has 1 heterocycles. The van der Waals surface area contributed by atoms with Crippen molar-refractivity contribution in [3.8, 4) is 5.75 Å². The van der Waals surface area contributed by atoms with E-state index in [1.54, 1.807) is 41.8 Å². The fourth-order valence-corrected chi connectivity index (χ4v) is 3.95. The van der Waals surface area contributed by atoms with Crippen molar-refractivity contribution in [2.45, 2.75) is 30.7 Å². The number of carbonyl (C=O) groups is 1. The zero-order valence-corrected chi connectivity index (χ0v) is 18.6. The Balaban J connectivity index is 1.73. The van der Waals surface area contributed by atoms with Gasteiger partial charge in [0.15, 0.2) is 4.77 Å². The molecule has 3 rings (SSSR count). The molecule has 156 valence electrons. The number of nitrogens with zero attached hydrogens (tertiary/aromatic N) is 3. The molecular formula is C22H24N4O2S2. The van der Waals surface area contributed by atoms with Crippen LogP contribution in [0.25, 0.3) is 0 Å². The molecule has 8 heteroatoms. The zero-order valence-electron chi connectivity index (χ0n) is 17.0. The van der Waals surface area contributed by atoms with Gasteiger partial charge in [-0.05, 0) is 43.4 Å². The van der Waals surface area contributed by atoms with Crippen LogP contribution in [0.5, 0.6) is 5.75 Å². The number of aryl methyl sites for hydroxylation is 1. The Morgan fingerprint density at radius 3 is 2.77 bits per heavy atom. The summed E-state index contributed by atoms with van der Waals surface area (Å²) in [5.74, 6) is 1.92. The molecule has 1 aromatic heterocycles. The van der Waals surface area contributed by atoms with E-state index < -0.39 is 0 Å². The monoisotopic (exact) mass is 440 g/mol. The first-order valence-electron chi connectivity index (χ1n) is 9.41. The van der Waals surface area contributed by atoms with Crippen LogP contribution in [0.4, 0.5) is 5.69 Å². The van der Waals surface area contributed by atoms with Gasteiger partial charge in [-0.2, -0.15) is 5.10 Å². The standard InChI is InChI=1S/C22H24N4O2S2/c1-4-12-25-20(15-30-19-10-8-16(2)9-11-19)24-26(22(25)29)14-21(27)23-17-6-5-7-18(13-17)28-3/h4-11,13H,1,12,14-15H2,2-3H3,(H,23,27). The lowest BCUT2D eigenvalue weighted by atomic mass is 10.2. The average Bonchev–Trinajstić information content (AvgIpc) is 3.02. The second-order valence-electron chi connectivity index (χ2n) is 6.64. The van der Waals surface area contributed by atoms with Gasteiger partial charge in [-0.25, -0.2) is 4.68 Å². The van der Waals surface area contributed by atoms with Crippen LogP contribution in [0.15, 0.2) is 66.1 Å². The van der Waals surface area contributed by atoms with Crippen molar-refractivity contribution in [1.82, 2.24) is 14.3 Å². The topological polar surface area (TPSA) is 61.1 Å². The van der Waals surface area contributed by atoms with Gasteiger partial charge in [-0.3, -0.25) is 9.36 Å². The fourth-order valence-electron chi connectivity index (χ4n) is 2.83. The Labute approximate surface area is 185 Å². The van der Waals surface area contributed by atoms with E-state index in [2.05, 4.69) is 48.2 Å². The molecule has 0 saturated carbocycles. The lowest BCUT2D eigenvalue weighted by Crippen LogP contribution is -2.20. The number of hydrogen-bond acceptors (Lipinski definition) is 5. The normalized spacial score (nSPS) is 10.6. The van der Waals surface area contributed by atoms with E-state index in [9.17, 15) is 4.79 Å². The number of benzene rings is 2. The maximum absolute atomic E-state index is 12.5. The van der Waals surface area contributed by atoms with Crippen LogP contribution in [0.1, 0.15) is 11.4 Å². The molecule has 0 aliphatic heterocycles. The van der Waals surface area contributed by atoms with E-state index in [1.165, 1.54) is 5.56 Å². The van der Waals surface area contributed by atoms with Gasteiger partial charge in [0.2, 0.25) is 5.91 Å². The summed E-state index contributed by atoms with van der Waals surface area (Å²) in [7, 11) is 1.59. The number of nitrogens with one attached hydrogen (secondary N) is 1. The molecule has 0 aliphatic rings. The Kier molecular flexibility index (Phi) is 7.48. The van der Waals surface area contributed by atoms with Gasteiger partial charge < -0.3 is 10.1 Å². The minimum atomic E-state index is -0.208. The van der Waals surface area contributed by atoms with Gasteiger partial charge in [0.1, 0.15) is 18.1 Å². The summed E-state index contributed by atoms with van der Waals surface area (Å²) in [4.78, 5) is 13.7. The quantitative estimate of drug-likeness (QED) is 0.293. The number of ether oxygens (including phenoxy) is 1. The fraction of sp³-hybridized carbons (Fsp3) is 0.227. The van der Waals surface area contributed by atoms with Crippen molar-refractivity contribution in [3.05, 3.63) is 77.3 Å². The first kappa shape index (κ1) is 21.9. The van der Waals surface area contributed by atoms with E-state index in [1.807, 2.05) is 16.7 Å². The Morgan fingerprint density at radius 2 is 2.07 bits per heavy atom. The predicted octanol–water partition coefficient (Wildman–Crippen LogP) is 4.85. The number of hydrogen-bond donors (Lipinski definition) is 1. The number of allylic oxidation sites excluding steroid dienone is 1. The molecular weight excluding hydrogens is 416 g/mol. The molecule has 1 N–H and O–H groups in total. The van der Waals surface area contributed by atoms with Crippen LogP contribution in [-0.2, 0) is 23.6 Å². The summed E-state index contributed by atoms with van der Waals surface area (Å²) in [5, 5.41) is 7.45. The van der Waals surface area contributed by atoms with Gasteiger partial charge in [0, 0.05) is 23.2 Å². The van der Waals surface area contributed by atoms with Crippen molar-refractivity contribution < 1.29 is 9.53 Å². The maximum Gasteiger partial charge on any atom is 0.246 e. The molecule has 6 nitrogen and oxygen atoms in total. The summed E-state index contributed by atoms with van der Waals surface area (Å²) < 4.78 is 9.14. The molecule has 0 aliphatic carbocycles. The third-order valence-electron chi connectivity index (χ3n) is 4.35. The highest BCUT2D eigenvalue weighted by atomic mass is 32.2. The minimum absolute atomic E-state index is 0.0301. The largest absolute Gasteiger partial charge is 0.497 e. The first-order chi connectivity index (χ1) is 14.5. The second kappa shape index (κ2) is 10.3. The van der Waals surface area contributed by atoms with Gasteiger partial charge in [-0.15, -0.1) is 18.3 Å². The molecule has 0 atom stereocenters. The van der Waals surface area contributed by atoms with E-state index >= 15 is 0 Å². The maximum atomic E-state index is 12.5. The molecule has 0 spiro atoms. The van der Waals surface area contributed by atoms with Crippen LogP contribution >= 0.6 is 24.0 Å². The van der Waals surface area contributed by atoms with Crippen LogP contribution in [0.3, 0.4) is 0 Å². The van der Waals surface area contributed by atoms with Crippen LogP contribution < -0.4 is 10.1 Å². The third kappa shape index (κ3) is 5.61. The molecule has 0 fully saturated rings. The summed E-state index contributed by atoms with van der Waals surface area (Å²) >= 11 is 7.23. The van der Waals surface area contributed by atoms with Crippen molar-refractivity contribution in [1.29, 1.82) is 0 Å².